The van der Waals surface area contributed by atoms with Crippen LogP contribution in [0.5, 0.6) is 5.75 Å². The molecule has 1 aromatic carbocycles. The van der Waals surface area contributed by atoms with E-state index in [1.807, 2.05) is 39.8 Å². The molecule has 0 aliphatic carbocycles. The van der Waals surface area contributed by atoms with Gasteiger partial charge >= 0.3 is 0 Å². The highest BCUT2D eigenvalue weighted by Crippen LogP contribution is 2.28. The van der Waals surface area contributed by atoms with Gasteiger partial charge in [0, 0.05) is 26.2 Å². The first-order valence-electron chi connectivity index (χ1n) is 7.72. The quantitative estimate of drug-likeness (QED) is 0.844. The van der Waals surface area contributed by atoms with Gasteiger partial charge in [-0.3, -0.25) is 9.69 Å². The van der Waals surface area contributed by atoms with Gasteiger partial charge in [-0.15, -0.1) is 0 Å². The molecule has 0 radical (unpaired) electrons. The van der Waals surface area contributed by atoms with Gasteiger partial charge in [0.25, 0.3) is 0 Å². The standard InChI is InChI=1S/C17H26N2O2/c1-12(2)21-17-14(4)6-5-13(3)16(17)15(20)11-19-9-7-18-8-10-19/h5-6,12,18H,7-11H2,1-4H3. The largest absolute Gasteiger partial charge is 0.490 e. The number of carbonyl (C=O) groups excluding carboxylic acids is 1. The zero-order valence-corrected chi connectivity index (χ0v) is 13.5. The smallest absolute Gasteiger partial charge is 0.180 e. The van der Waals surface area contributed by atoms with Crippen molar-refractivity contribution in [2.24, 2.45) is 0 Å². The minimum atomic E-state index is 0.0660. The molecular formula is C17H26N2O2. The summed E-state index contributed by atoms with van der Waals surface area (Å²) in [4.78, 5) is 15.0. The third-order valence-electron chi connectivity index (χ3n) is 3.77. The maximum Gasteiger partial charge on any atom is 0.180 e. The van der Waals surface area contributed by atoms with E-state index in [9.17, 15) is 4.79 Å². The number of nitrogens with zero attached hydrogens (tertiary/aromatic N) is 1. The number of ketones is 1. The summed E-state index contributed by atoms with van der Waals surface area (Å²) in [7, 11) is 0. The summed E-state index contributed by atoms with van der Waals surface area (Å²) >= 11 is 0. The highest BCUT2D eigenvalue weighted by atomic mass is 16.5. The van der Waals surface area contributed by atoms with Crippen LogP contribution in [0.25, 0.3) is 0 Å². The summed E-state index contributed by atoms with van der Waals surface area (Å²) in [6.45, 7) is 12.2. The molecular weight excluding hydrogens is 264 g/mol. The molecule has 0 amide bonds. The van der Waals surface area contributed by atoms with Gasteiger partial charge in [-0.2, -0.15) is 0 Å². The van der Waals surface area contributed by atoms with Crippen molar-refractivity contribution >= 4 is 5.78 Å². The summed E-state index contributed by atoms with van der Waals surface area (Å²) in [5.74, 6) is 0.916. The molecule has 1 heterocycles. The molecule has 4 nitrogen and oxygen atoms in total. The summed E-state index contributed by atoms with van der Waals surface area (Å²) in [5, 5.41) is 3.31. The SMILES string of the molecule is Cc1ccc(C)c(C(=O)CN2CCNCC2)c1OC(C)C. The van der Waals surface area contributed by atoms with E-state index < -0.39 is 0 Å². The topological polar surface area (TPSA) is 41.6 Å². The summed E-state index contributed by atoms with van der Waals surface area (Å²) in [6, 6.07) is 4.03. The number of carbonyl (C=O) groups is 1. The second-order valence-corrected chi connectivity index (χ2v) is 6.02. The van der Waals surface area contributed by atoms with Gasteiger partial charge in [0.15, 0.2) is 5.78 Å². The second-order valence-electron chi connectivity index (χ2n) is 6.02. The van der Waals surface area contributed by atoms with Crippen LogP contribution in [0.15, 0.2) is 12.1 Å². The molecule has 0 saturated carbocycles. The maximum absolute atomic E-state index is 12.7. The first-order chi connectivity index (χ1) is 9.99. The lowest BCUT2D eigenvalue weighted by Crippen LogP contribution is -2.45. The monoisotopic (exact) mass is 290 g/mol. The van der Waals surface area contributed by atoms with Gasteiger partial charge in [0.2, 0.25) is 0 Å². The number of nitrogens with one attached hydrogen (secondary N) is 1. The zero-order valence-electron chi connectivity index (χ0n) is 13.5. The maximum atomic E-state index is 12.7. The van der Waals surface area contributed by atoms with Gasteiger partial charge in [-0.25, -0.2) is 0 Å². The number of hydrogen-bond donors (Lipinski definition) is 1. The third-order valence-corrected chi connectivity index (χ3v) is 3.77. The molecule has 4 heteroatoms. The first-order valence-corrected chi connectivity index (χ1v) is 7.72. The summed E-state index contributed by atoms with van der Waals surface area (Å²) in [5.41, 5.74) is 2.77. The van der Waals surface area contributed by atoms with Crippen molar-refractivity contribution in [3.8, 4) is 5.75 Å². The molecule has 1 saturated heterocycles. The Morgan fingerprint density at radius 3 is 2.48 bits per heavy atom. The molecule has 2 rings (SSSR count). The van der Waals surface area contributed by atoms with Crippen molar-refractivity contribution in [2.45, 2.75) is 33.8 Å². The van der Waals surface area contributed by atoms with Crippen LogP contribution in [0.3, 0.4) is 0 Å². The molecule has 1 aliphatic heterocycles. The van der Waals surface area contributed by atoms with E-state index in [2.05, 4.69) is 10.2 Å². The number of rotatable bonds is 5. The minimum Gasteiger partial charge on any atom is -0.490 e. The average molecular weight is 290 g/mol. The molecule has 0 aromatic heterocycles. The van der Waals surface area contributed by atoms with Crippen LogP contribution < -0.4 is 10.1 Å². The van der Waals surface area contributed by atoms with Crippen LogP contribution in [0.2, 0.25) is 0 Å². The fraction of sp³-hybridized carbons (Fsp3) is 0.588. The Kier molecular flexibility index (Phi) is 5.37. The lowest BCUT2D eigenvalue weighted by molar-refractivity contribution is 0.0915. The molecule has 1 aliphatic rings. The van der Waals surface area contributed by atoms with Crippen LogP contribution in [0.4, 0.5) is 0 Å². The lowest BCUT2D eigenvalue weighted by atomic mass is 9.99. The van der Waals surface area contributed by atoms with Gasteiger partial charge in [-0.1, -0.05) is 12.1 Å². The van der Waals surface area contributed by atoms with Crippen molar-refractivity contribution in [1.82, 2.24) is 10.2 Å². The molecule has 0 unspecified atom stereocenters. The molecule has 0 bridgehead atoms. The van der Waals surface area contributed by atoms with E-state index in [0.717, 1.165) is 48.6 Å². The Morgan fingerprint density at radius 1 is 1.24 bits per heavy atom. The number of benzene rings is 1. The number of piperazine rings is 1. The Labute approximate surface area is 127 Å². The molecule has 1 fully saturated rings. The predicted molar refractivity (Wildman–Crippen MR) is 85.3 cm³/mol. The molecule has 21 heavy (non-hydrogen) atoms. The number of Topliss-reactive ketones (excluding diaryl/α,β-unsaturated/α-hetero) is 1. The van der Waals surface area contributed by atoms with Crippen molar-refractivity contribution < 1.29 is 9.53 Å². The van der Waals surface area contributed by atoms with Crippen molar-refractivity contribution in [1.29, 1.82) is 0 Å². The highest BCUT2D eigenvalue weighted by Gasteiger charge is 2.21. The van der Waals surface area contributed by atoms with Gasteiger partial charge in [0.05, 0.1) is 18.2 Å². The van der Waals surface area contributed by atoms with E-state index in [4.69, 9.17) is 4.74 Å². The molecule has 116 valence electrons. The van der Waals surface area contributed by atoms with E-state index in [-0.39, 0.29) is 11.9 Å². The Bertz CT molecular complexity index is 506. The van der Waals surface area contributed by atoms with Crippen molar-refractivity contribution in [2.75, 3.05) is 32.7 Å². The predicted octanol–water partition coefficient (Wildman–Crippen LogP) is 2.18. The van der Waals surface area contributed by atoms with Crippen molar-refractivity contribution in [3.05, 3.63) is 28.8 Å². The van der Waals surface area contributed by atoms with E-state index in [1.165, 1.54) is 0 Å². The summed E-state index contributed by atoms with van der Waals surface area (Å²) in [6.07, 6.45) is 0.0660. The average Bonchev–Trinajstić information content (AvgIpc) is 2.43. The number of ether oxygens (including phenoxy) is 1. The van der Waals surface area contributed by atoms with Crippen LogP contribution in [-0.2, 0) is 0 Å². The minimum absolute atomic E-state index is 0.0660. The van der Waals surface area contributed by atoms with Crippen LogP contribution in [0, 0.1) is 13.8 Å². The van der Waals surface area contributed by atoms with E-state index in [0.29, 0.717) is 6.54 Å². The fourth-order valence-corrected chi connectivity index (χ4v) is 2.67. The Morgan fingerprint density at radius 2 is 1.86 bits per heavy atom. The summed E-state index contributed by atoms with van der Waals surface area (Å²) < 4.78 is 5.92. The van der Waals surface area contributed by atoms with Crippen LogP contribution in [-0.4, -0.2) is 49.5 Å². The second kappa shape index (κ2) is 7.05. The number of aryl methyl sites for hydroxylation is 2. The van der Waals surface area contributed by atoms with E-state index in [1.54, 1.807) is 0 Å². The molecule has 1 N–H and O–H groups in total. The fourth-order valence-electron chi connectivity index (χ4n) is 2.67. The van der Waals surface area contributed by atoms with Crippen molar-refractivity contribution in [3.63, 3.8) is 0 Å². The van der Waals surface area contributed by atoms with Gasteiger partial charge in [-0.05, 0) is 38.8 Å². The van der Waals surface area contributed by atoms with Crippen LogP contribution in [0.1, 0.15) is 35.3 Å². The van der Waals surface area contributed by atoms with Crippen LogP contribution >= 0.6 is 0 Å². The Balaban J connectivity index is 2.23. The lowest BCUT2D eigenvalue weighted by Gasteiger charge is -2.27. The highest BCUT2D eigenvalue weighted by molar-refractivity contribution is 6.01. The van der Waals surface area contributed by atoms with E-state index >= 15 is 0 Å². The first kappa shape index (κ1) is 16.0. The molecule has 0 spiro atoms. The normalized spacial score (nSPS) is 16.2. The number of hydrogen-bond acceptors (Lipinski definition) is 4. The third kappa shape index (κ3) is 4.05. The zero-order chi connectivity index (χ0) is 15.4. The Hall–Kier alpha value is -1.39. The van der Waals surface area contributed by atoms with Gasteiger partial charge < -0.3 is 10.1 Å². The molecule has 0 atom stereocenters. The van der Waals surface area contributed by atoms with Gasteiger partial charge in [0.1, 0.15) is 5.75 Å². The molecule has 1 aromatic rings.